The highest BCUT2D eigenvalue weighted by Crippen LogP contribution is 2.18. The van der Waals surface area contributed by atoms with Gasteiger partial charge < -0.3 is 21.3 Å². The molecule has 0 fully saturated rings. The van der Waals surface area contributed by atoms with Gasteiger partial charge in [0.25, 0.3) is 0 Å². The van der Waals surface area contributed by atoms with Crippen LogP contribution in [0.25, 0.3) is 0 Å². The molecule has 0 saturated heterocycles. The van der Waals surface area contributed by atoms with E-state index in [1.165, 1.54) is 12.2 Å². The van der Waals surface area contributed by atoms with Crippen molar-refractivity contribution in [3.05, 3.63) is 48.2 Å². The Morgan fingerprint density at radius 3 is 2.35 bits per heavy atom. The molecule has 7 heteroatoms. The van der Waals surface area contributed by atoms with Gasteiger partial charge in [-0.2, -0.15) is 0 Å². The SMILES string of the molecule is NC1=CC(=O)C=C/C1=N\c1ccc(NCCCN(CCO)CCO)cc1. The third-order valence-corrected chi connectivity index (χ3v) is 3.93. The van der Waals surface area contributed by atoms with E-state index in [0.717, 1.165) is 30.9 Å². The quantitative estimate of drug-likeness (QED) is 0.364. The molecule has 7 nitrogen and oxygen atoms in total. The molecule has 1 aromatic carbocycles. The maximum atomic E-state index is 11.2. The minimum atomic E-state index is -0.127. The van der Waals surface area contributed by atoms with Gasteiger partial charge in [0.15, 0.2) is 5.78 Å². The van der Waals surface area contributed by atoms with Crippen molar-refractivity contribution in [3.8, 4) is 0 Å². The Hall–Kier alpha value is -2.48. The molecule has 0 bridgehead atoms. The normalized spacial score (nSPS) is 15.6. The van der Waals surface area contributed by atoms with Crippen LogP contribution in [-0.2, 0) is 4.79 Å². The fourth-order valence-electron chi connectivity index (χ4n) is 2.58. The van der Waals surface area contributed by atoms with Gasteiger partial charge >= 0.3 is 0 Å². The van der Waals surface area contributed by atoms with Crippen LogP contribution in [0.2, 0.25) is 0 Å². The van der Waals surface area contributed by atoms with E-state index < -0.39 is 0 Å². The van der Waals surface area contributed by atoms with Crippen LogP contribution >= 0.6 is 0 Å². The highest BCUT2D eigenvalue weighted by Gasteiger charge is 2.08. The number of rotatable bonds is 10. The number of carbonyl (C=O) groups excluding carboxylic acids is 1. The number of nitrogens with zero attached hydrogens (tertiary/aromatic N) is 2. The largest absolute Gasteiger partial charge is 0.397 e. The second-order valence-corrected chi connectivity index (χ2v) is 5.95. The lowest BCUT2D eigenvalue weighted by atomic mass is 10.1. The lowest BCUT2D eigenvalue weighted by Gasteiger charge is -2.20. The zero-order valence-corrected chi connectivity index (χ0v) is 14.8. The summed E-state index contributed by atoms with van der Waals surface area (Å²) in [5, 5.41) is 21.3. The molecule has 26 heavy (non-hydrogen) atoms. The van der Waals surface area contributed by atoms with E-state index in [1.54, 1.807) is 6.08 Å². The smallest absolute Gasteiger partial charge is 0.180 e. The van der Waals surface area contributed by atoms with Crippen molar-refractivity contribution in [2.45, 2.75) is 6.42 Å². The third kappa shape index (κ3) is 6.44. The summed E-state index contributed by atoms with van der Waals surface area (Å²) in [5.41, 5.74) is 8.51. The minimum absolute atomic E-state index is 0.0977. The molecule has 1 aromatic rings. The molecule has 0 aliphatic heterocycles. The van der Waals surface area contributed by atoms with Crippen LogP contribution in [0.15, 0.2) is 53.2 Å². The first kappa shape index (κ1) is 19.8. The summed E-state index contributed by atoms with van der Waals surface area (Å²) in [6, 6.07) is 7.65. The van der Waals surface area contributed by atoms with E-state index in [1.807, 2.05) is 29.2 Å². The topological polar surface area (TPSA) is 111 Å². The predicted octanol–water partition coefficient (Wildman–Crippen LogP) is 0.829. The number of aliphatic hydroxyl groups is 2. The lowest BCUT2D eigenvalue weighted by Crippen LogP contribution is -2.31. The zero-order valence-electron chi connectivity index (χ0n) is 14.8. The molecule has 0 aromatic heterocycles. The van der Waals surface area contributed by atoms with E-state index in [4.69, 9.17) is 15.9 Å². The van der Waals surface area contributed by atoms with Gasteiger partial charge in [-0.3, -0.25) is 9.69 Å². The average molecular weight is 358 g/mol. The fourth-order valence-corrected chi connectivity index (χ4v) is 2.58. The number of carbonyl (C=O) groups is 1. The number of ketones is 1. The standard InChI is InChI=1S/C19H26N4O3/c20-18-14-17(26)6-7-19(18)22-16-4-2-15(3-5-16)21-8-1-9-23(10-12-24)11-13-25/h2-7,14,21,24-25H,1,8-13,20H2/b22-19+. The second kappa shape index (κ2) is 10.5. The molecule has 5 N–H and O–H groups in total. The van der Waals surface area contributed by atoms with E-state index >= 15 is 0 Å². The number of allylic oxidation sites excluding steroid dienone is 3. The van der Waals surface area contributed by atoms with Gasteiger partial charge in [-0.05, 0) is 49.4 Å². The van der Waals surface area contributed by atoms with Gasteiger partial charge in [0.2, 0.25) is 0 Å². The highest BCUT2D eigenvalue weighted by atomic mass is 16.3. The number of aliphatic imine (C=N–C) groups is 1. The van der Waals surface area contributed by atoms with Crippen molar-refractivity contribution in [1.29, 1.82) is 0 Å². The van der Waals surface area contributed by atoms with Crippen molar-refractivity contribution in [1.82, 2.24) is 4.90 Å². The Bertz CT molecular complexity index is 675. The Balaban J connectivity index is 1.82. The average Bonchev–Trinajstić information content (AvgIpc) is 2.62. The van der Waals surface area contributed by atoms with E-state index in [2.05, 4.69) is 10.3 Å². The van der Waals surface area contributed by atoms with Crippen LogP contribution in [0, 0.1) is 0 Å². The van der Waals surface area contributed by atoms with Crippen molar-refractivity contribution in [2.75, 3.05) is 44.7 Å². The van der Waals surface area contributed by atoms with Crippen molar-refractivity contribution in [2.24, 2.45) is 10.7 Å². The summed E-state index contributed by atoms with van der Waals surface area (Å²) in [6.45, 7) is 2.96. The lowest BCUT2D eigenvalue weighted by molar-refractivity contribution is -0.110. The second-order valence-electron chi connectivity index (χ2n) is 5.95. The van der Waals surface area contributed by atoms with E-state index in [9.17, 15) is 4.79 Å². The molecule has 1 aliphatic rings. The first-order valence-electron chi connectivity index (χ1n) is 8.68. The first-order valence-corrected chi connectivity index (χ1v) is 8.68. The first-order chi connectivity index (χ1) is 12.6. The van der Waals surface area contributed by atoms with Crippen LogP contribution in [-0.4, -0.2) is 66.0 Å². The molecule has 2 rings (SSSR count). The number of hydrogen-bond donors (Lipinski definition) is 4. The van der Waals surface area contributed by atoms with Crippen LogP contribution in [0.1, 0.15) is 6.42 Å². The molecule has 0 amide bonds. The van der Waals surface area contributed by atoms with E-state index in [0.29, 0.717) is 24.5 Å². The molecule has 140 valence electrons. The minimum Gasteiger partial charge on any atom is -0.397 e. The number of benzene rings is 1. The van der Waals surface area contributed by atoms with Crippen LogP contribution in [0.5, 0.6) is 0 Å². The number of aliphatic hydroxyl groups excluding tert-OH is 2. The molecule has 0 heterocycles. The Morgan fingerprint density at radius 2 is 1.73 bits per heavy atom. The monoisotopic (exact) mass is 358 g/mol. The summed E-state index contributed by atoms with van der Waals surface area (Å²) < 4.78 is 0. The van der Waals surface area contributed by atoms with E-state index in [-0.39, 0.29) is 19.0 Å². The van der Waals surface area contributed by atoms with Gasteiger partial charge in [-0.25, -0.2) is 4.99 Å². The number of anilines is 1. The van der Waals surface area contributed by atoms with Gasteiger partial charge in [-0.15, -0.1) is 0 Å². The number of hydrogen-bond acceptors (Lipinski definition) is 7. The Labute approximate surface area is 153 Å². The summed E-state index contributed by atoms with van der Waals surface area (Å²) in [5.74, 6) is -0.127. The summed E-state index contributed by atoms with van der Waals surface area (Å²) in [6.07, 6.45) is 5.34. The molecule has 0 unspecified atom stereocenters. The molecule has 1 aliphatic carbocycles. The summed E-state index contributed by atoms with van der Waals surface area (Å²) >= 11 is 0. The molecule has 0 saturated carbocycles. The van der Waals surface area contributed by atoms with Gasteiger partial charge in [0, 0.05) is 31.4 Å². The van der Waals surface area contributed by atoms with Crippen molar-refractivity contribution >= 4 is 22.9 Å². The van der Waals surface area contributed by atoms with Gasteiger partial charge in [0.05, 0.1) is 30.3 Å². The number of nitrogens with one attached hydrogen (secondary N) is 1. The van der Waals surface area contributed by atoms with Crippen molar-refractivity contribution in [3.63, 3.8) is 0 Å². The maximum absolute atomic E-state index is 11.2. The van der Waals surface area contributed by atoms with Crippen molar-refractivity contribution < 1.29 is 15.0 Å². The number of nitrogens with two attached hydrogens (primary N) is 1. The third-order valence-electron chi connectivity index (χ3n) is 3.93. The van der Waals surface area contributed by atoms with Crippen LogP contribution in [0.3, 0.4) is 0 Å². The predicted molar refractivity (Wildman–Crippen MR) is 104 cm³/mol. The highest BCUT2D eigenvalue weighted by molar-refractivity contribution is 6.19. The maximum Gasteiger partial charge on any atom is 0.180 e. The Kier molecular flexibility index (Phi) is 8.01. The molecular weight excluding hydrogens is 332 g/mol. The molecule has 0 spiro atoms. The van der Waals surface area contributed by atoms with Crippen LogP contribution < -0.4 is 11.1 Å². The molecule has 0 radical (unpaired) electrons. The molecular formula is C19H26N4O3. The molecule has 0 atom stereocenters. The van der Waals surface area contributed by atoms with Gasteiger partial charge in [-0.1, -0.05) is 0 Å². The van der Waals surface area contributed by atoms with Gasteiger partial charge in [0.1, 0.15) is 0 Å². The zero-order chi connectivity index (χ0) is 18.8. The summed E-state index contributed by atoms with van der Waals surface area (Å²) in [7, 11) is 0. The Morgan fingerprint density at radius 1 is 1.04 bits per heavy atom. The fraction of sp³-hybridized carbons (Fsp3) is 0.368. The van der Waals surface area contributed by atoms with Crippen LogP contribution in [0.4, 0.5) is 11.4 Å². The summed E-state index contributed by atoms with van der Waals surface area (Å²) in [4.78, 5) is 17.7.